The summed E-state index contributed by atoms with van der Waals surface area (Å²) in [6, 6.07) is 7.99. The first-order valence-electron chi connectivity index (χ1n) is 8.18. The molecule has 2 heterocycles. The number of carbonyl (C=O) groups is 2. The zero-order chi connectivity index (χ0) is 17.1. The van der Waals surface area contributed by atoms with Gasteiger partial charge in [-0.05, 0) is 37.0 Å². The van der Waals surface area contributed by atoms with Gasteiger partial charge in [-0.2, -0.15) is 0 Å². The quantitative estimate of drug-likeness (QED) is 0.912. The maximum Gasteiger partial charge on any atom is 0.276 e. The number of nitrogens with two attached hydrogens (primary N) is 1. The fourth-order valence-electron chi connectivity index (χ4n) is 2.90. The number of primary amides is 1. The number of rotatable bonds is 4. The highest BCUT2D eigenvalue weighted by atomic mass is 16.2. The smallest absolute Gasteiger partial charge is 0.276 e. The third kappa shape index (κ3) is 3.29. The van der Waals surface area contributed by atoms with Gasteiger partial charge in [-0.25, -0.2) is 4.68 Å². The van der Waals surface area contributed by atoms with E-state index in [1.54, 1.807) is 15.8 Å². The molecule has 1 saturated heterocycles. The van der Waals surface area contributed by atoms with Crippen LogP contribution in [0, 0.1) is 5.92 Å². The number of benzene rings is 1. The first-order chi connectivity index (χ1) is 11.6. The van der Waals surface area contributed by atoms with Gasteiger partial charge < -0.3 is 10.6 Å². The van der Waals surface area contributed by atoms with Crippen LogP contribution in [0.1, 0.15) is 35.8 Å². The van der Waals surface area contributed by atoms with E-state index in [0.717, 1.165) is 12.1 Å². The Morgan fingerprint density at radius 2 is 1.88 bits per heavy atom. The second kappa shape index (κ2) is 6.82. The molecule has 1 aliphatic rings. The molecule has 2 N–H and O–H groups in total. The Morgan fingerprint density at radius 3 is 2.46 bits per heavy atom. The summed E-state index contributed by atoms with van der Waals surface area (Å²) in [6.45, 7) is 3.14. The summed E-state index contributed by atoms with van der Waals surface area (Å²) in [4.78, 5) is 25.4. The average molecular weight is 327 g/mol. The molecule has 1 aromatic heterocycles. The largest absolute Gasteiger partial charge is 0.369 e. The summed E-state index contributed by atoms with van der Waals surface area (Å²) in [5, 5.41) is 8.04. The van der Waals surface area contributed by atoms with Gasteiger partial charge in [-0.3, -0.25) is 9.59 Å². The molecule has 1 fully saturated rings. The van der Waals surface area contributed by atoms with Gasteiger partial charge in [0.05, 0.1) is 11.9 Å². The van der Waals surface area contributed by atoms with Crippen LogP contribution in [0.25, 0.3) is 5.69 Å². The molecular weight excluding hydrogens is 306 g/mol. The van der Waals surface area contributed by atoms with Crippen LogP contribution in [0.4, 0.5) is 0 Å². The summed E-state index contributed by atoms with van der Waals surface area (Å²) in [6.07, 6.45) is 3.83. The van der Waals surface area contributed by atoms with Gasteiger partial charge in [-0.15, -0.1) is 5.10 Å². The molecule has 0 unspecified atom stereocenters. The molecule has 2 aromatic rings. The van der Waals surface area contributed by atoms with Crippen molar-refractivity contribution in [3.05, 3.63) is 41.7 Å². The van der Waals surface area contributed by atoms with Crippen LogP contribution in [0.5, 0.6) is 0 Å². The Labute approximate surface area is 140 Å². The fourth-order valence-corrected chi connectivity index (χ4v) is 2.90. The van der Waals surface area contributed by atoms with Gasteiger partial charge in [0.25, 0.3) is 5.91 Å². The number of aromatic nitrogens is 3. The van der Waals surface area contributed by atoms with Crippen molar-refractivity contribution in [3.63, 3.8) is 0 Å². The van der Waals surface area contributed by atoms with E-state index in [-0.39, 0.29) is 17.7 Å². The van der Waals surface area contributed by atoms with Gasteiger partial charge in [-0.1, -0.05) is 24.3 Å². The van der Waals surface area contributed by atoms with E-state index in [4.69, 9.17) is 5.73 Å². The van der Waals surface area contributed by atoms with Gasteiger partial charge >= 0.3 is 0 Å². The lowest BCUT2D eigenvalue weighted by Crippen LogP contribution is -2.41. The summed E-state index contributed by atoms with van der Waals surface area (Å²) in [5.41, 5.74) is 7.74. The van der Waals surface area contributed by atoms with Gasteiger partial charge in [0.1, 0.15) is 0 Å². The molecule has 0 saturated carbocycles. The SMILES string of the molecule is CCc1ccc(-n2cc(C(=O)N3CCC(C(N)=O)CC3)nn2)cc1. The van der Waals surface area contributed by atoms with Crippen molar-refractivity contribution in [1.29, 1.82) is 0 Å². The number of amides is 2. The lowest BCUT2D eigenvalue weighted by molar-refractivity contribution is -0.123. The summed E-state index contributed by atoms with van der Waals surface area (Å²) < 4.78 is 1.60. The van der Waals surface area contributed by atoms with Crippen LogP contribution in [-0.2, 0) is 11.2 Å². The lowest BCUT2D eigenvalue weighted by atomic mass is 9.96. The van der Waals surface area contributed by atoms with Crippen LogP contribution in [0.15, 0.2) is 30.5 Å². The maximum absolute atomic E-state index is 12.5. The summed E-state index contributed by atoms with van der Waals surface area (Å²) >= 11 is 0. The number of nitrogens with zero attached hydrogens (tertiary/aromatic N) is 4. The van der Waals surface area contributed by atoms with E-state index in [1.807, 2.05) is 24.3 Å². The fraction of sp³-hybridized carbons (Fsp3) is 0.412. The molecule has 0 radical (unpaired) electrons. The van der Waals surface area contributed by atoms with Crippen molar-refractivity contribution < 1.29 is 9.59 Å². The normalized spacial score (nSPS) is 15.5. The summed E-state index contributed by atoms with van der Waals surface area (Å²) in [7, 11) is 0. The Balaban J connectivity index is 1.68. The van der Waals surface area contributed by atoms with E-state index in [2.05, 4.69) is 17.2 Å². The first kappa shape index (κ1) is 16.2. The third-order valence-corrected chi connectivity index (χ3v) is 4.51. The Kier molecular flexibility index (Phi) is 4.59. The Hall–Kier alpha value is -2.70. The van der Waals surface area contributed by atoms with Crippen LogP contribution in [0.3, 0.4) is 0 Å². The number of hydrogen-bond acceptors (Lipinski definition) is 4. The first-order valence-corrected chi connectivity index (χ1v) is 8.18. The second-order valence-electron chi connectivity index (χ2n) is 6.04. The standard InChI is InChI=1S/C17H21N5O2/c1-2-12-3-5-14(6-4-12)22-11-15(19-20-22)17(24)21-9-7-13(8-10-21)16(18)23/h3-6,11,13H,2,7-10H2,1H3,(H2,18,23). The molecule has 0 atom stereocenters. The minimum Gasteiger partial charge on any atom is -0.369 e. The van der Waals surface area contributed by atoms with Gasteiger partial charge in [0.2, 0.25) is 5.91 Å². The molecule has 2 amide bonds. The Bertz CT molecular complexity index is 730. The van der Waals surface area contributed by atoms with Gasteiger partial charge in [0.15, 0.2) is 5.69 Å². The van der Waals surface area contributed by atoms with E-state index < -0.39 is 0 Å². The van der Waals surface area contributed by atoms with Crippen LogP contribution in [-0.4, -0.2) is 44.8 Å². The maximum atomic E-state index is 12.5. The average Bonchev–Trinajstić information content (AvgIpc) is 3.11. The van der Waals surface area contributed by atoms with Crippen LogP contribution in [0.2, 0.25) is 0 Å². The topological polar surface area (TPSA) is 94.1 Å². The second-order valence-corrected chi connectivity index (χ2v) is 6.04. The highest BCUT2D eigenvalue weighted by molar-refractivity contribution is 5.92. The van der Waals surface area contributed by atoms with E-state index >= 15 is 0 Å². The van der Waals surface area contributed by atoms with Crippen molar-refractivity contribution in [2.45, 2.75) is 26.2 Å². The number of piperidine rings is 1. The van der Waals surface area contributed by atoms with Crippen molar-refractivity contribution in [2.75, 3.05) is 13.1 Å². The highest BCUT2D eigenvalue weighted by Gasteiger charge is 2.27. The predicted octanol–water partition coefficient (Wildman–Crippen LogP) is 1.17. The van der Waals surface area contributed by atoms with Crippen LogP contribution < -0.4 is 5.73 Å². The molecule has 1 aliphatic heterocycles. The molecule has 0 aliphatic carbocycles. The van der Waals surface area contributed by atoms with E-state index in [0.29, 0.717) is 31.6 Å². The van der Waals surface area contributed by atoms with Crippen molar-refractivity contribution in [2.24, 2.45) is 11.7 Å². The Morgan fingerprint density at radius 1 is 1.21 bits per heavy atom. The molecule has 24 heavy (non-hydrogen) atoms. The molecule has 7 nitrogen and oxygen atoms in total. The molecule has 0 bridgehead atoms. The molecule has 126 valence electrons. The van der Waals surface area contributed by atoms with E-state index in [9.17, 15) is 9.59 Å². The molecular formula is C17H21N5O2. The zero-order valence-corrected chi connectivity index (χ0v) is 13.7. The third-order valence-electron chi connectivity index (χ3n) is 4.51. The van der Waals surface area contributed by atoms with Crippen LogP contribution >= 0.6 is 0 Å². The van der Waals surface area contributed by atoms with E-state index in [1.165, 1.54) is 5.56 Å². The summed E-state index contributed by atoms with van der Waals surface area (Å²) in [5.74, 6) is -0.584. The molecule has 0 spiro atoms. The van der Waals surface area contributed by atoms with Crippen molar-refractivity contribution in [1.82, 2.24) is 19.9 Å². The minimum atomic E-state index is -0.288. The number of aryl methyl sites for hydroxylation is 1. The highest BCUT2D eigenvalue weighted by Crippen LogP contribution is 2.18. The molecule has 7 heteroatoms. The van der Waals surface area contributed by atoms with Crippen molar-refractivity contribution >= 4 is 11.8 Å². The predicted molar refractivity (Wildman–Crippen MR) is 88.6 cm³/mol. The van der Waals surface area contributed by atoms with Crippen molar-refractivity contribution in [3.8, 4) is 5.69 Å². The number of hydrogen-bond donors (Lipinski definition) is 1. The zero-order valence-electron chi connectivity index (χ0n) is 13.7. The minimum absolute atomic E-state index is 0.137. The van der Waals surface area contributed by atoms with Gasteiger partial charge in [0, 0.05) is 19.0 Å². The monoisotopic (exact) mass is 327 g/mol. The molecule has 3 rings (SSSR count). The lowest BCUT2D eigenvalue weighted by Gasteiger charge is -2.29. The molecule has 1 aromatic carbocycles. The number of carbonyl (C=O) groups excluding carboxylic acids is 2. The number of likely N-dealkylation sites (tertiary alicyclic amines) is 1.